The number of carbonyl (C=O) groups is 1. The predicted molar refractivity (Wildman–Crippen MR) is 71.8 cm³/mol. The molecule has 2 aromatic rings. The maximum absolute atomic E-state index is 13.7. The van der Waals surface area contributed by atoms with Crippen LogP contribution in [0.3, 0.4) is 0 Å². The largest absolute Gasteiger partial charge is 0.392 e. The topological polar surface area (TPSA) is 98.3 Å². The summed E-state index contributed by atoms with van der Waals surface area (Å²) in [5.74, 6) is -2.83. The minimum Gasteiger partial charge on any atom is -0.392 e. The minimum absolute atomic E-state index is 0.187. The number of nitrogens with zero attached hydrogens (tertiary/aromatic N) is 1. The summed E-state index contributed by atoms with van der Waals surface area (Å²) in [7, 11) is 0. The number of nitrogens with one attached hydrogen (secondary N) is 1. The van der Waals surface area contributed by atoms with Gasteiger partial charge in [-0.15, -0.1) is 0 Å². The summed E-state index contributed by atoms with van der Waals surface area (Å²) in [6.07, 6.45) is 0. The first-order valence-corrected chi connectivity index (χ1v) is 5.70. The second-order valence-electron chi connectivity index (χ2n) is 4.05. The number of carbonyl (C=O) groups excluding carboxylic acids is 1. The first-order chi connectivity index (χ1) is 9.91. The van der Waals surface area contributed by atoms with Crippen molar-refractivity contribution in [1.82, 2.24) is 0 Å². The molecule has 0 aromatic heterocycles. The summed E-state index contributed by atoms with van der Waals surface area (Å²) in [5, 5.41) is 12.8. The standard InChI is InChI=1S/C13H9F2N3O3/c14-7-3-1-2-4-9(7)17-13(19)11-8(15)5-6-10(12(11)16)18(20)21/h1-6H,16H2,(H,17,19). The average molecular weight is 293 g/mol. The Hall–Kier alpha value is -3.03. The summed E-state index contributed by atoms with van der Waals surface area (Å²) in [6, 6.07) is 6.84. The maximum Gasteiger partial charge on any atom is 0.293 e. The van der Waals surface area contributed by atoms with Crippen LogP contribution in [-0.4, -0.2) is 10.8 Å². The normalized spacial score (nSPS) is 10.2. The lowest BCUT2D eigenvalue weighted by Crippen LogP contribution is -2.17. The van der Waals surface area contributed by atoms with Gasteiger partial charge in [-0.05, 0) is 18.2 Å². The molecule has 0 aliphatic rings. The molecule has 0 radical (unpaired) electrons. The van der Waals surface area contributed by atoms with E-state index in [0.29, 0.717) is 0 Å². The fourth-order valence-electron chi connectivity index (χ4n) is 1.72. The molecule has 2 rings (SSSR count). The summed E-state index contributed by atoms with van der Waals surface area (Å²) >= 11 is 0. The Kier molecular flexibility index (Phi) is 3.79. The lowest BCUT2D eigenvalue weighted by Gasteiger charge is -2.09. The second kappa shape index (κ2) is 5.53. The molecule has 0 spiro atoms. The van der Waals surface area contributed by atoms with Crippen molar-refractivity contribution in [2.75, 3.05) is 11.1 Å². The van der Waals surface area contributed by atoms with Crippen LogP contribution < -0.4 is 11.1 Å². The number of nitro groups is 1. The third-order valence-corrected chi connectivity index (χ3v) is 2.72. The van der Waals surface area contributed by atoms with Crippen molar-refractivity contribution in [3.63, 3.8) is 0 Å². The van der Waals surface area contributed by atoms with E-state index in [4.69, 9.17) is 5.73 Å². The number of nitrogens with two attached hydrogens (primary N) is 1. The molecule has 1 amide bonds. The summed E-state index contributed by atoms with van der Waals surface area (Å²) in [4.78, 5) is 21.9. The summed E-state index contributed by atoms with van der Waals surface area (Å²) in [6.45, 7) is 0. The Labute approximate surface area is 117 Å². The van der Waals surface area contributed by atoms with Crippen LogP contribution in [0.25, 0.3) is 0 Å². The number of nitrogen functional groups attached to an aromatic ring is 1. The Bertz CT molecular complexity index is 735. The monoisotopic (exact) mass is 293 g/mol. The number of hydrogen-bond acceptors (Lipinski definition) is 4. The highest BCUT2D eigenvalue weighted by Gasteiger charge is 2.24. The molecule has 6 nitrogen and oxygen atoms in total. The number of halogens is 2. The lowest BCUT2D eigenvalue weighted by atomic mass is 10.1. The van der Waals surface area contributed by atoms with Crippen LogP contribution in [0.4, 0.5) is 25.8 Å². The van der Waals surface area contributed by atoms with Crippen LogP contribution in [0.1, 0.15) is 10.4 Å². The molecular formula is C13H9F2N3O3. The van der Waals surface area contributed by atoms with Crippen molar-refractivity contribution in [1.29, 1.82) is 0 Å². The zero-order valence-electron chi connectivity index (χ0n) is 10.5. The van der Waals surface area contributed by atoms with Crippen LogP contribution in [0, 0.1) is 21.7 Å². The number of hydrogen-bond donors (Lipinski definition) is 2. The zero-order chi connectivity index (χ0) is 15.6. The van der Waals surface area contributed by atoms with E-state index < -0.39 is 39.4 Å². The Morgan fingerprint density at radius 3 is 2.43 bits per heavy atom. The van der Waals surface area contributed by atoms with Crippen LogP contribution >= 0.6 is 0 Å². The predicted octanol–water partition coefficient (Wildman–Crippen LogP) is 2.71. The number of amides is 1. The highest BCUT2D eigenvalue weighted by atomic mass is 19.1. The second-order valence-corrected chi connectivity index (χ2v) is 4.05. The lowest BCUT2D eigenvalue weighted by molar-refractivity contribution is -0.384. The molecular weight excluding hydrogens is 284 g/mol. The van der Waals surface area contributed by atoms with E-state index in [1.54, 1.807) is 0 Å². The van der Waals surface area contributed by atoms with Gasteiger partial charge in [0.15, 0.2) is 0 Å². The van der Waals surface area contributed by atoms with Crippen molar-refractivity contribution in [3.8, 4) is 0 Å². The van der Waals surface area contributed by atoms with Crippen LogP contribution in [0.5, 0.6) is 0 Å². The summed E-state index contributed by atoms with van der Waals surface area (Å²) in [5.41, 5.74) is 3.33. The first kappa shape index (κ1) is 14.4. The maximum atomic E-state index is 13.7. The fraction of sp³-hybridized carbons (Fsp3) is 0. The van der Waals surface area contributed by atoms with Gasteiger partial charge in [-0.3, -0.25) is 14.9 Å². The third-order valence-electron chi connectivity index (χ3n) is 2.72. The summed E-state index contributed by atoms with van der Waals surface area (Å²) < 4.78 is 27.1. The highest BCUT2D eigenvalue weighted by molar-refractivity contribution is 6.09. The molecule has 0 heterocycles. The number of anilines is 2. The number of rotatable bonds is 3. The van der Waals surface area contributed by atoms with Gasteiger partial charge in [0.1, 0.15) is 22.9 Å². The molecule has 0 fully saturated rings. The van der Waals surface area contributed by atoms with Gasteiger partial charge in [0.2, 0.25) is 0 Å². The van der Waals surface area contributed by atoms with Gasteiger partial charge in [0.25, 0.3) is 11.6 Å². The van der Waals surface area contributed by atoms with E-state index in [0.717, 1.165) is 18.2 Å². The Morgan fingerprint density at radius 2 is 1.81 bits per heavy atom. The molecule has 3 N–H and O–H groups in total. The molecule has 0 aliphatic heterocycles. The molecule has 108 valence electrons. The van der Waals surface area contributed by atoms with Crippen molar-refractivity contribution in [2.45, 2.75) is 0 Å². The third kappa shape index (κ3) is 2.78. The molecule has 0 unspecified atom stereocenters. The molecule has 21 heavy (non-hydrogen) atoms. The van der Waals surface area contributed by atoms with Crippen LogP contribution in [0.2, 0.25) is 0 Å². The van der Waals surface area contributed by atoms with Crippen molar-refractivity contribution in [3.05, 3.63) is 63.7 Å². The van der Waals surface area contributed by atoms with E-state index in [9.17, 15) is 23.7 Å². The Balaban J connectivity index is 2.42. The molecule has 0 saturated heterocycles. The van der Waals surface area contributed by atoms with E-state index in [2.05, 4.69) is 5.32 Å². The van der Waals surface area contributed by atoms with Crippen LogP contribution in [-0.2, 0) is 0 Å². The quantitative estimate of drug-likeness (QED) is 0.516. The number of nitro benzene ring substituents is 1. The van der Waals surface area contributed by atoms with E-state index in [1.165, 1.54) is 18.2 Å². The SMILES string of the molecule is Nc1c([N+](=O)[O-])ccc(F)c1C(=O)Nc1ccccc1F. The first-order valence-electron chi connectivity index (χ1n) is 5.70. The number of benzene rings is 2. The van der Waals surface area contributed by atoms with E-state index >= 15 is 0 Å². The van der Waals surface area contributed by atoms with Crippen molar-refractivity contribution < 1.29 is 18.5 Å². The number of para-hydroxylation sites is 1. The van der Waals surface area contributed by atoms with Crippen molar-refractivity contribution >= 4 is 23.0 Å². The van der Waals surface area contributed by atoms with Gasteiger partial charge in [-0.1, -0.05) is 12.1 Å². The van der Waals surface area contributed by atoms with Gasteiger partial charge in [-0.2, -0.15) is 0 Å². The molecule has 2 aromatic carbocycles. The average Bonchev–Trinajstić information content (AvgIpc) is 2.41. The molecule has 0 bridgehead atoms. The molecule has 0 aliphatic carbocycles. The Morgan fingerprint density at radius 1 is 1.14 bits per heavy atom. The van der Waals surface area contributed by atoms with Gasteiger partial charge in [0, 0.05) is 6.07 Å². The molecule has 8 heteroatoms. The van der Waals surface area contributed by atoms with Gasteiger partial charge in [0.05, 0.1) is 10.6 Å². The highest BCUT2D eigenvalue weighted by Crippen LogP contribution is 2.28. The molecule has 0 atom stereocenters. The van der Waals surface area contributed by atoms with Gasteiger partial charge >= 0.3 is 0 Å². The van der Waals surface area contributed by atoms with Gasteiger partial charge < -0.3 is 11.1 Å². The molecule has 0 saturated carbocycles. The van der Waals surface area contributed by atoms with Gasteiger partial charge in [-0.25, -0.2) is 8.78 Å². The minimum atomic E-state index is -1.07. The zero-order valence-corrected chi connectivity index (χ0v) is 10.5. The van der Waals surface area contributed by atoms with E-state index in [1.807, 2.05) is 0 Å². The van der Waals surface area contributed by atoms with E-state index in [-0.39, 0.29) is 5.69 Å². The van der Waals surface area contributed by atoms with Crippen molar-refractivity contribution in [2.24, 2.45) is 0 Å². The smallest absolute Gasteiger partial charge is 0.293 e. The fourth-order valence-corrected chi connectivity index (χ4v) is 1.72. The van der Waals surface area contributed by atoms with Crippen LogP contribution in [0.15, 0.2) is 36.4 Å².